The van der Waals surface area contributed by atoms with Crippen LogP contribution in [0.15, 0.2) is 131 Å². The fourth-order valence-corrected chi connectivity index (χ4v) is 2.15. The van der Waals surface area contributed by atoms with Crippen LogP contribution in [0, 0.1) is 0 Å². The van der Waals surface area contributed by atoms with Crippen LogP contribution >= 0.6 is 0 Å². The molecule has 0 amide bonds. The Kier molecular flexibility index (Phi) is 15.5. The van der Waals surface area contributed by atoms with E-state index >= 15 is 0 Å². The zero-order valence-corrected chi connectivity index (χ0v) is 20.6. The molecule has 0 unspecified atom stereocenters. The van der Waals surface area contributed by atoms with Crippen LogP contribution in [0.25, 0.3) is 0 Å². The number of hydrogen-bond acceptors (Lipinski definition) is 1. The highest BCUT2D eigenvalue weighted by Crippen LogP contribution is 2.03. The largest absolute Gasteiger partial charge is 0.478 e. The normalized spacial score (nSPS) is 15.3. The highest BCUT2D eigenvalue weighted by Gasteiger charge is 1.95. The lowest BCUT2D eigenvalue weighted by Crippen LogP contribution is -1.94. The molecule has 0 radical (unpaired) electrons. The quantitative estimate of drug-likeness (QED) is 0.263. The molecule has 0 fully saturated rings. The second-order valence-electron chi connectivity index (χ2n) is 7.86. The Bertz CT molecular complexity index is 943. The van der Waals surface area contributed by atoms with Gasteiger partial charge in [0.05, 0.1) is 0 Å². The van der Waals surface area contributed by atoms with E-state index in [0.717, 1.165) is 11.1 Å². The molecule has 0 aromatic rings. The second-order valence-corrected chi connectivity index (χ2v) is 7.86. The predicted molar refractivity (Wildman–Crippen MR) is 142 cm³/mol. The lowest BCUT2D eigenvalue weighted by Gasteiger charge is -1.91. The second kappa shape index (κ2) is 17.3. The fraction of sp³-hybridized carbons (Fsp3) is 0.233. The van der Waals surface area contributed by atoms with E-state index in [1.165, 1.54) is 16.7 Å². The van der Waals surface area contributed by atoms with Gasteiger partial charge in [-0.1, -0.05) is 125 Å². The SMILES string of the molecule is CC(C)=C/C=C/C(C)=C/C=C/C(C)=C/C=C/C=C(C)/C=C/C=C(C)/C=C/C=C(\C)C(=O)O. The van der Waals surface area contributed by atoms with Crippen molar-refractivity contribution in [2.45, 2.75) is 48.5 Å². The third kappa shape index (κ3) is 17.5. The Hall–Kier alpha value is -3.39. The van der Waals surface area contributed by atoms with Crippen molar-refractivity contribution >= 4 is 5.97 Å². The van der Waals surface area contributed by atoms with Crippen molar-refractivity contribution in [3.05, 3.63) is 131 Å². The summed E-state index contributed by atoms with van der Waals surface area (Å²) in [5.41, 5.74) is 6.17. The number of aliphatic carboxylic acids is 1. The maximum absolute atomic E-state index is 10.7. The summed E-state index contributed by atoms with van der Waals surface area (Å²) >= 11 is 0. The molecule has 0 spiro atoms. The van der Waals surface area contributed by atoms with E-state index in [4.69, 9.17) is 5.11 Å². The van der Waals surface area contributed by atoms with Gasteiger partial charge < -0.3 is 5.11 Å². The summed E-state index contributed by atoms with van der Waals surface area (Å²) in [6.07, 6.45) is 31.9. The van der Waals surface area contributed by atoms with Crippen LogP contribution < -0.4 is 0 Å². The summed E-state index contributed by atoms with van der Waals surface area (Å²) in [6.45, 7) is 13.9. The summed E-state index contributed by atoms with van der Waals surface area (Å²) in [4.78, 5) is 10.7. The van der Waals surface area contributed by atoms with E-state index in [1.54, 1.807) is 19.1 Å². The van der Waals surface area contributed by atoms with Gasteiger partial charge in [-0.25, -0.2) is 4.79 Å². The maximum atomic E-state index is 10.7. The van der Waals surface area contributed by atoms with Gasteiger partial charge in [-0.3, -0.25) is 0 Å². The molecule has 0 aliphatic rings. The van der Waals surface area contributed by atoms with Gasteiger partial charge in [0.2, 0.25) is 0 Å². The summed E-state index contributed by atoms with van der Waals surface area (Å²) in [7, 11) is 0. The van der Waals surface area contributed by atoms with E-state index in [9.17, 15) is 4.79 Å². The Morgan fingerprint density at radius 1 is 0.469 bits per heavy atom. The Morgan fingerprint density at radius 2 is 0.781 bits per heavy atom. The minimum atomic E-state index is -0.902. The van der Waals surface area contributed by atoms with Crippen LogP contribution in [0.4, 0.5) is 0 Å². The van der Waals surface area contributed by atoms with E-state index in [2.05, 4.69) is 76.3 Å². The highest BCUT2D eigenvalue weighted by atomic mass is 16.4. The number of rotatable bonds is 11. The average Bonchev–Trinajstić information content (AvgIpc) is 2.70. The molecule has 0 rings (SSSR count). The molecule has 32 heavy (non-hydrogen) atoms. The minimum absolute atomic E-state index is 0.314. The van der Waals surface area contributed by atoms with Gasteiger partial charge in [-0.2, -0.15) is 0 Å². The van der Waals surface area contributed by atoms with E-state index in [-0.39, 0.29) is 0 Å². The predicted octanol–water partition coefficient (Wildman–Crippen LogP) is 8.55. The van der Waals surface area contributed by atoms with Crippen molar-refractivity contribution in [2.75, 3.05) is 0 Å². The van der Waals surface area contributed by atoms with Crippen molar-refractivity contribution < 1.29 is 9.90 Å². The van der Waals surface area contributed by atoms with Crippen LogP contribution in [0.3, 0.4) is 0 Å². The van der Waals surface area contributed by atoms with Gasteiger partial charge in [0.1, 0.15) is 0 Å². The molecule has 0 aliphatic heterocycles. The van der Waals surface area contributed by atoms with E-state index in [0.29, 0.717) is 5.57 Å². The molecular formula is C30H38O2. The van der Waals surface area contributed by atoms with Gasteiger partial charge in [-0.05, 0) is 48.5 Å². The molecule has 0 saturated heterocycles. The van der Waals surface area contributed by atoms with Crippen LogP contribution in [-0.2, 0) is 4.79 Å². The average molecular weight is 431 g/mol. The monoisotopic (exact) mass is 430 g/mol. The standard InChI is InChI=1S/C30H38O2/c1-24(2)14-10-17-27(5)20-11-18-25(3)15-8-9-16-26(4)19-12-21-28(6)22-13-23-29(7)30(31)32/h8-23H,1-7H3,(H,31,32)/b9-8+,17-10+,18-11+,19-12+,22-13+,25-15+,26-16+,27-20+,28-21+,29-23+. The van der Waals surface area contributed by atoms with E-state index < -0.39 is 5.97 Å². The molecule has 0 heterocycles. The summed E-state index contributed by atoms with van der Waals surface area (Å²) < 4.78 is 0. The molecule has 2 heteroatoms. The number of carboxylic acids is 1. The van der Waals surface area contributed by atoms with Crippen LogP contribution in [0.5, 0.6) is 0 Å². The molecule has 0 saturated carbocycles. The first-order chi connectivity index (χ1) is 15.1. The van der Waals surface area contributed by atoms with Crippen LogP contribution in [-0.4, -0.2) is 11.1 Å². The van der Waals surface area contributed by atoms with Crippen molar-refractivity contribution in [1.82, 2.24) is 0 Å². The third-order valence-corrected chi connectivity index (χ3v) is 4.10. The lowest BCUT2D eigenvalue weighted by molar-refractivity contribution is -0.132. The van der Waals surface area contributed by atoms with Crippen molar-refractivity contribution in [2.24, 2.45) is 0 Å². The minimum Gasteiger partial charge on any atom is -0.478 e. The molecule has 0 aromatic carbocycles. The van der Waals surface area contributed by atoms with Gasteiger partial charge in [0.25, 0.3) is 0 Å². The molecule has 1 N–H and O–H groups in total. The van der Waals surface area contributed by atoms with E-state index in [1.807, 2.05) is 50.3 Å². The molecule has 0 atom stereocenters. The number of carboxylic acid groups (broad SMARTS) is 1. The number of allylic oxidation sites excluding steroid dienone is 21. The smallest absolute Gasteiger partial charge is 0.331 e. The fourth-order valence-electron chi connectivity index (χ4n) is 2.15. The first-order valence-electron chi connectivity index (χ1n) is 10.7. The molecule has 0 aromatic heterocycles. The Labute approximate surface area is 195 Å². The molecule has 0 aliphatic carbocycles. The first-order valence-corrected chi connectivity index (χ1v) is 10.7. The summed E-state index contributed by atoms with van der Waals surface area (Å²) in [5, 5.41) is 8.81. The number of carbonyl (C=O) groups is 1. The zero-order valence-electron chi connectivity index (χ0n) is 20.6. The third-order valence-electron chi connectivity index (χ3n) is 4.10. The molecule has 170 valence electrons. The number of hydrogen-bond donors (Lipinski definition) is 1. The van der Waals surface area contributed by atoms with Gasteiger partial charge in [0, 0.05) is 5.57 Å². The zero-order chi connectivity index (χ0) is 24.4. The molecule has 0 bridgehead atoms. The van der Waals surface area contributed by atoms with Gasteiger partial charge in [0.15, 0.2) is 0 Å². The van der Waals surface area contributed by atoms with Gasteiger partial charge in [-0.15, -0.1) is 0 Å². The Balaban J connectivity index is 4.73. The van der Waals surface area contributed by atoms with Crippen molar-refractivity contribution in [1.29, 1.82) is 0 Å². The van der Waals surface area contributed by atoms with Gasteiger partial charge >= 0.3 is 5.97 Å². The first kappa shape index (κ1) is 28.6. The molecular weight excluding hydrogens is 392 g/mol. The maximum Gasteiger partial charge on any atom is 0.331 e. The van der Waals surface area contributed by atoms with Crippen molar-refractivity contribution in [3.63, 3.8) is 0 Å². The highest BCUT2D eigenvalue weighted by molar-refractivity contribution is 5.86. The van der Waals surface area contributed by atoms with Crippen molar-refractivity contribution in [3.8, 4) is 0 Å². The summed E-state index contributed by atoms with van der Waals surface area (Å²) in [5.74, 6) is -0.902. The Morgan fingerprint density at radius 3 is 1.12 bits per heavy atom. The summed E-state index contributed by atoms with van der Waals surface area (Å²) in [6, 6.07) is 0. The van der Waals surface area contributed by atoms with Crippen LogP contribution in [0.1, 0.15) is 48.5 Å². The molecule has 2 nitrogen and oxygen atoms in total. The topological polar surface area (TPSA) is 37.3 Å². The lowest BCUT2D eigenvalue weighted by atomic mass is 10.2. The van der Waals surface area contributed by atoms with Crippen LogP contribution in [0.2, 0.25) is 0 Å².